The van der Waals surface area contributed by atoms with Crippen molar-refractivity contribution >= 4 is 40.3 Å². The summed E-state index contributed by atoms with van der Waals surface area (Å²) in [5.41, 5.74) is -0.217. The van der Waals surface area contributed by atoms with Gasteiger partial charge in [-0.15, -0.1) is 0 Å². The number of carbonyl (C=O) groups is 2. The topological polar surface area (TPSA) is 78.4 Å². The first-order chi connectivity index (χ1) is 9.43. The number of urea groups is 1. The SMILES string of the molecule is CCC(CC)(CNC(=O)Nc1cccc(I)c1)C(=O)O. The van der Waals surface area contributed by atoms with Crippen molar-refractivity contribution < 1.29 is 14.7 Å². The highest BCUT2D eigenvalue weighted by Crippen LogP contribution is 2.25. The van der Waals surface area contributed by atoms with Crippen LogP contribution in [0.4, 0.5) is 10.5 Å². The van der Waals surface area contributed by atoms with Crippen LogP contribution >= 0.6 is 22.6 Å². The Kier molecular flexibility index (Phi) is 6.25. The Hall–Kier alpha value is -1.31. The Morgan fingerprint density at radius 3 is 2.45 bits per heavy atom. The number of amides is 2. The quantitative estimate of drug-likeness (QED) is 0.653. The highest BCUT2D eigenvalue weighted by Gasteiger charge is 2.35. The minimum Gasteiger partial charge on any atom is -0.481 e. The van der Waals surface area contributed by atoms with Gasteiger partial charge in [-0.3, -0.25) is 4.79 Å². The number of carbonyl (C=O) groups excluding carboxylic acids is 1. The summed E-state index contributed by atoms with van der Waals surface area (Å²) in [6.45, 7) is 3.75. The highest BCUT2D eigenvalue weighted by atomic mass is 127. The van der Waals surface area contributed by atoms with Crippen molar-refractivity contribution in [3.8, 4) is 0 Å². The summed E-state index contributed by atoms with van der Waals surface area (Å²) in [6.07, 6.45) is 0.949. The largest absolute Gasteiger partial charge is 0.481 e. The third kappa shape index (κ3) is 4.36. The molecule has 6 heteroatoms. The second-order valence-corrected chi connectivity index (χ2v) is 5.86. The summed E-state index contributed by atoms with van der Waals surface area (Å²) in [6, 6.07) is 7.00. The lowest BCUT2D eigenvalue weighted by Crippen LogP contribution is -2.43. The molecule has 0 aromatic heterocycles. The van der Waals surface area contributed by atoms with E-state index < -0.39 is 11.4 Å². The fraction of sp³-hybridized carbons (Fsp3) is 0.429. The van der Waals surface area contributed by atoms with Gasteiger partial charge in [0.1, 0.15) is 0 Å². The molecule has 5 nitrogen and oxygen atoms in total. The predicted octanol–water partition coefficient (Wildman–Crippen LogP) is 3.30. The van der Waals surface area contributed by atoms with Gasteiger partial charge in [0.25, 0.3) is 0 Å². The van der Waals surface area contributed by atoms with Crippen LogP contribution in [-0.4, -0.2) is 23.7 Å². The van der Waals surface area contributed by atoms with Gasteiger partial charge < -0.3 is 15.7 Å². The zero-order chi connectivity index (χ0) is 15.2. The minimum absolute atomic E-state index is 0.116. The Bertz CT molecular complexity index is 487. The lowest BCUT2D eigenvalue weighted by Gasteiger charge is -2.26. The van der Waals surface area contributed by atoms with Crippen LogP contribution in [0.15, 0.2) is 24.3 Å². The first kappa shape index (κ1) is 16.7. The van der Waals surface area contributed by atoms with E-state index in [4.69, 9.17) is 0 Å². The summed E-state index contributed by atoms with van der Waals surface area (Å²) >= 11 is 2.16. The van der Waals surface area contributed by atoms with Crippen LogP contribution < -0.4 is 10.6 Å². The first-order valence-electron chi connectivity index (χ1n) is 6.47. The molecule has 20 heavy (non-hydrogen) atoms. The van der Waals surface area contributed by atoms with E-state index in [-0.39, 0.29) is 12.6 Å². The van der Waals surface area contributed by atoms with Gasteiger partial charge in [0.15, 0.2) is 0 Å². The number of carboxylic acids is 1. The number of benzene rings is 1. The Morgan fingerprint density at radius 2 is 1.95 bits per heavy atom. The summed E-state index contributed by atoms with van der Waals surface area (Å²) in [5.74, 6) is -0.878. The molecule has 0 saturated heterocycles. The molecule has 0 aliphatic heterocycles. The molecule has 0 fully saturated rings. The zero-order valence-electron chi connectivity index (χ0n) is 11.6. The number of hydrogen-bond acceptors (Lipinski definition) is 2. The van der Waals surface area contributed by atoms with Crippen molar-refractivity contribution in [2.45, 2.75) is 26.7 Å². The second-order valence-electron chi connectivity index (χ2n) is 4.61. The van der Waals surface area contributed by atoms with Gasteiger partial charge in [0.2, 0.25) is 0 Å². The number of halogens is 1. The average molecular weight is 390 g/mol. The van der Waals surface area contributed by atoms with Crippen molar-refractivity contribution in [2.24, 2.45) is 5.41 Å². The van der Waals surface area contributed by atoms with Gasteiger partial charge in [-0.25, -0.2) is 4.79 Å². The van der Waals surface area contributed by atoms with E-state index in [0.717, 1.165) is 3.57 Å². The Morgan fingerprint density at radius 1 is 1.30 bits per heavy atom. The lowest BCUT2D eigenvalue weighted by atomic mass is 9.82. The predicted molar refractivity (Wildman–Crippen MR) is 86.8 cm³/mol. The van der Waals surface area contributed by atoms with E-state index in [1.54, 1.807) is 6.07 Å². The van der Waals surface area contributed by atoms with E-state index >= 15 is 0 Å². The maximum Gasteiger partial charge on any atom is 0.319 e. The molecule has 110 valence electrons. The first-order valence-corrected chi connectivity index (χ1v) is 7.55. The molecule has 0 aliphatic carbocycles. The fourth-order valence-corrected chi connectivity index (χ4v) is 2.41. The fourth-order valence-electron chi connectivity index (χ4n) is 1.87. The number of rotatable bonds is 6. The van der Waals surface area contributed by atoms with Crippen LogP contribution in [0.5, 0.6) is 0 Å². The van der Waals surface area contributed by atoms with Crippen LogP contribution in [0.3, 0.4) is 0 Å². The number of nitrogens with one attached hydrogen (secondary N) is 2. The summed E-state index contributed by atoms with van der Waals surface area (Å²) in [7, 11) is 0. The molecule has 3 N–H and O–H groups in total. The van der Waals surface area contributed by atoms with E-state index in [1.165, 1.54) is 0 Å². The van der Waals surface area contributed by atoms with Crippen LogP contribution in [0.1, 0.15) is 26.7 Å². The van der Waals surface area contributed by atoms with Crippen molar-refractivity contribution in [1.29, 1.82) is 0 Å². The summed E-state index contributed by atoms with van der Waals surface area (Å²) in [4.78, 5) is 23.1. The van der Waals surface area contributed by atoms with Gasteiger partial charge in [-0.1, -0.05) is 19.9 Å². The van der Waals surface area contributed by atoms with Crippen LogP contribution in [0, 0.1) is 8.99 Å². The monoisotopic (exact) mass is 390 g/mol. The molecule has 1 aromatic carbocycles. The molecule has 1 rings (SSSR count). The van der Waals surface area contributed by atoms with Crippen LogP contribution in [-0.2, 0) is 4.79 Å². The molecule has 2 amide bonds. The molecule has 0 aliphatic rings. The standard InChI is InChI=1S/C14H19IN2O3/c1-3-14(4-2,12(18)19)9-16-13(20)17-11-7-5-6-10(15)8-11/h5-8H,3-4,9H2,1-2H3,(H,18,19)(H2,16,17,20). The van der Waals surface area contributed by atoms with Gasteiger partial charge in [-0.2, -0.15) is 0 Å². The lowest BCUT2D eigenvalue weighted by molar-refractivity contribution is -0.149. The molecular weight excluding hydrogens is 371 g/mol. The van der Waals surface area contributed by atoms with Gasteiger partial charge >= 0.3 is 12.0 Å². The van der Waals surface area contributed by atoms with Crippen LogP contribution in [0.2, 0.25) is 0 Å². The zero-order valence-corrected chi connectivity index (χ0v) is 13.7. The van der Waals surface area contributed by atoms with Gasteiger partial charge in [0, 0.05) is 15.8 Å². The average Bonchev–Trinajstić information content (AvgIpc) is 2.40. The smallest absolute Gasteiger partial charge is 0.319 e. The molecule has 0 bridgehead atoms. The number of carboxylic acid groups (broad SMARTS) is 1. The maximum absolute atomic E-state index is 11.8. The van der Waals surface area contributed by atoms with E-state index in [0.29, 0.717) is 18.5 Å². The summed E-state index contributed by atoms with van der Waals surface area (Å²) < 4.78 is 1.02. The maximum atomic E-state index is 11.8. The molecule has 0 radical (unpaired) electrons. The van der Waals surface area contributed by atoms with Crippen molar-refractivity contribution in [3.63, 3.8) is 0 Å². The number of aliphatic carboxylic acids is 1. The third-order valence-corrected chi connectivity index (χ3v) is 4.15. The van der Waals surface area contributed by atoms with Gasteiger partial charge in [0.05, 0.1) is 5.41 Å². The molecule has 0 saturated carbocycles. The molecule has 1 aromatic rings. The normalized spacial score (nSPS) is 10.9. The number of hydrogen-bond donors (Lipinski definition) is 3. The van der Waals surface area contributed by atoms with E-state index in [9.17, 15) is 14.7 Å². The summed E-state index contributed by atoms with van der Waals surface area (Å²) in [5, 5.41) is 14.6. The minimum atomic E-state index is -0.900. The number of anilines is 1. The van der Waals surface area contributed by atoms with Crippen molar-refractivity contribution in [1.82, 2.24) is 5.32 Å². The highest BCUT2D eigenvalue weighted by molar-refractivity contribution is 14.1. The van der Waals surface area contributed by atoms with Crippen LogP contribution in [0.25, 0.3) is 0 Å². The Balaban J connectivity index is 2.61. The van der Waals surface area contributed by atoms with Crippen molar-refractivity contribution in [2.75, 3.05) is 11.9 Å². The van der Waals surface area contributed by atoms with Crippen molar-refractivity contribution in [3.05, 3.63) is 27.8 Å². The molecule has 0 heterocycles. The molecule has 0 unspecified atom stereocenters. The second kappa shape index (κ2) is 7.47. The third-order valence-electron chi connectivity index (χ3n) is 3.48. The van der Waals surface area contributed by atoms with E-state index in [1.807, 2.05) is 32.0 Å². The van der Waals surface area contributed by atoms with E-state index in [2.05, 4.69) is 33.2 Å². The molecule has 0 spiro atoms. The Labute approximate surface area is 132 Å². The molecule has 0 atom stereocenters. The van der Waals surface area contributed by atoms with Gasteiger partial charge in [-0.05, 0) is 53.6 Å². The molecular formula is C14H19IN2O3.